The minimum atomic E-state index is 0.332. The van der Waals surface area contributed by atoms with Gasteiger partial charge in [-0.2, -0.15) is 0 Å². The lowest BCUT2D eigenvalue weighted by atomic mass is 10.3. The van der Waals surface area contributed by atoms with Gasteiger partial charge in [-0.25, -0.2) is 4.68 Å². The Morgan fingerprint density at radius 2 is 2.36 bits per heavy atom. The zero-order valence-corrected chi connectivity index (χ0v) is 7.41. The molecule has 0 spiro atoms. The van der Waals surface area contributed by atoms with E-state index in [1.54, 1.807) is 4.68 Å². The number of tetrazole rings is 1. The van der Waals surface area contributed by atoms with E-state index in [2.05, 4.69) is 29.4 Å². The van der Waals surface area contributed by atoms with E-state index in [9.17, 15) is 0 Å². The third-order valence-corrected chi connectivity index (χ3v) is 1.93. The number of alkyl halides is 1. The largest absolute Gasteiger partial charge is 0.226 e. The summed E-state index contributed by atoms with van der Waals surface area (Å²) in [4.78, 5) is 0. The van der Waals surface area contributed by atoms with Crippen LogP contribution in [0, 0.1) is 0 Å². The quantitative estimate of drug-likeness (QED) is 0.651. The monoisotopic (exact) mass is 174 g/mol. The predicted molar refractivity (Wildman–Crippen MR) is 42.4 cm³/mol. The first-order valence-electron chi connectivity index (χ1n) is 3.62. The molecule has 0 aliphatic carbocycles. The van der Waals surface area contributed by atoms with Gasteiger partial charge < -0.3 is 0 Å². The highest BCUT2D eigenvalue weighted by Crippen LogP contribution is 2.10. The second-order valence-electron chi connectivity index (χ2n) is 2.43. The average molecular weight is 175 g/mol. The van der Waals surface area contributed by atoms with Crippen LogP contribution >= 0.6 is 11.6 Å². The molecular formula is C6H11ClN4. The van der Waals surface area contributed by atoms with Crippen LogP contribution in [0.25, 0.3) is 0 Å². The molecule has 62 valence electrons. The van der Waals surface area contributed by atoms with Crippen LogP contribution in [0.2, 0.25) is 0 Å². The van der Waals surface area contributed by atoms with Crippen LogP contribution in [0.5, 0.6) is 0 Å². The summed E-state index contributed by atoms with van der Waals surface area (Å²) in [7, 11) is 0. The smallest absolute Gasteiger partial charge is 0.166 e. The van der Waals surface area contributed by atoms with Crippen LogP contribution < -0.4 is 0 Å². The lowest BCUT2D eigenvalue weighted by Crippen LogP contribution is -2.09. The molecule has 1 aromatic rings. The van der Waals surface area contributed by atoms with Gasteiger partial charge in [0.15, 0.2) is 5.82 Å². The highest BCUT2D eigenvalue weighted by molar-refractivity contribution is 6.16. The summed E-state index contributed by atoms with van der Waals surface area (Å²) >= 11 is 5.61. The average Bonchev–Trinajstić information content (AvgIpc) is 2.50. The van der Waals surface area contributed by atoms with Crippen LogP contribution in [0.15, 0.2) is 0 Å². The van der Waals surface area contributed by atoms with Gasteiger partial charge in [0.05, 0.1) is 11.9 Å². The summed E-state index contributed by atoms with van der Waals surface area (Å²) in [5.41, 5.74) is 0. The Balaban J connectivity index is 2.83. The van der Waals surface area contributed by atoms with Gasteiger partial charge in [-0.1, -0.05) is 6.92 Å². The molecule has 1 unspecified atom stereocenters. The summed E-state index contributed by atoms with van der Waals surface area (Å²) in [5.74, 6) is 1.11. The van der Waals surface area contributed by atoms with E-state index in [1.165, 1.54) is 0 Å². The first-order valence-corrected chi connectivity index (χ1v) is 4.15. The van der Waals surface area contributed by atoms with E-state index in [0.29, 0.717) is 11.9 Å². The molecule has 0 aliphatic heterocycles. The minimum Gasteiger partial charge on any atom is -0.226 e. The summed E-state index contributed by atoms with van der Waals surface area (Å²) in [6.07, 6.45) is 1.01. The molecule has 0 aliphatic rings. The molecule has 0 fully saturated rings. The molecule has 4 nitrogen and oxygen atoms in total. The Morgan fingerprint density at radius 1 is 1.64 bits per heavy atom. The fraction of sp³-hybridized carbons (Fsp3) is 0.833. The van der Waals surface area contributed by atoms with Crippen LogP contribution in [0.4, 0.5) is 0 Å². The van der Waals surface area contributed by atoms with Gasteiger partial charge in [0.1, 0.15) is 0 Å². The van der Waals surface area contributed by atoms with E-state index >= 15 is 0 Å². The van der Waals surface area contributed by atoms with Gasteiger partial charge in [-0.15, -0.1) is 16.7 Å². The molecule has 1 aromatic heterocycles. The topological polar surface area (TPSA) is 43.6 Å². The lowest BCUT2D eigenvalue weighted by molar-refractivity contribution is 0.453. The van der Waals surface area contributed by atoms with Crippen LogP contribution in [0.1, 0.15) is 32.1 Å². The number of aromatic nitrogens is 4. The van der Waals surface area contributed by atoms with E-state index in [1.807, 2.05) is 0 Å². The molecule has 1 rings (SSSR count). The lowest BCUT2D eigenvalue weighted by Gasteiger charge is -2.08. The number of hydrogen-bond acceptors (Lipinski definition) is 3. The SMILES string of the molecule is CCC(C)n1nnnc1CCl. The van der Waals surface area contributed by atoms with Crippen LogP contribution in [-0.4, -0.2) is 20.2 Å². The van der Waals surface area contributed by atoms with Crippen molar-refractivity contribution < 1.29 is 0 Å². The number of nitrogens with zero attached hydrogens (tertiary/aromatic N) is 4. The second-order valence-corrected chi connectivity index (χ2v) is 2.70. The van der Waals surface area contributed by atoms with E-state index in [4.69, 9.17) is 11.6 Å². The maximum atomic E-state index is 5.61. The number of halogens is 1. The van der Waals surface area contributed by atoms with Gasteiger partial charge in [-0.05, 0) is 23.8 Å². The third kappa shape index (κ3) is 1.68. The molecule has 11 heavy (non-hydrogen) atoms. The second kappa shape index (κ2) is 3.67. The van der Waals surface area contributed by atoms with Crippen molar-refractivity contribution in [3.63, 3.8) is 0 Å². The van der Waals surface area contributed by atoms with Gasteiger partial charge in [0.25, 0.3) is 0 Å². The van der Waals surface area contributed by atoms with Crippen molar-refractivity contribution in [2.45, 2.75) is 32.2 Å². The molecule has 5 heteroatoms. The summed E-state index contributed by atoms with van der Waals surface area (Å²) in [5, 5.41) is 11.1. The van der Waals surface area contributed by atoms with Crippen LogP contribution in [-0.2, 0) is 5.88 Å². The summed E-state index contributed by atoms with van der Waals surface area (Å²) < 4.78 is 1.76. The molecule has 0 saturated heterocycles. The molecule has 0 amide bonds. The molecule has 0 N–H and O–H groups in total. The Kier molecular flexibility index (Phi) is 2.82. The molecule has 0 bridgehead atoms. The normalized spacial score (nSPS) is 13.4. The maximum Gasteiger partial charge on any atom is 0.166 e. The van der Waals surface area contributed by atoms with Crippen LogP contribution in [0.3, 0.4) is 0 Å². The molecule has 0 saturated carbocycles. The highest BCUT2D eigenvalue weighted by atomic mass is 35.5. The van der Waals surface area contributed by atoms with E-state index in [-0.39, 0.29) is 0 Å². The molecule has 0 aromatic carbocycles. The zero-order chi connectivity index (χ0) is 8.27. The van der Waals surface area contributed by atoms with Crippen molar-refractivity contribution in [1.82, 2.24) is 20.2 Å². The predicted octanol–water partition coefficient (Wildman–Crippen LogP) is 1.38. The Hall–Kier alpha value is -0.640. The summed E-state index contributed by atoms with van der Waals surface area (Å²) in [6.45, 7) is 4.15. The van der Waals surface area contributed by atoms with Crippen molar-refractivity contribution in [3.8, 4) is 0 Å². The summed E-state index contributed by atoms with van der Waals surface area (Å²) in [6, 6.07) is 0.332. The highest BCUT2D eigenvalue weighted by Gasteiger charge is 2.08. The first kappa shape index (κ1) is 8.46. The van der Waals surface area contributed by atoms with Crippen molar-refractivity contribution in [1.29, 1.82) is 0 Å². The Bertz CT molecular complexity index is 222. The van der Waals surface area contributed by atoms with E-state index < -0.39 is 0 Å². The fourth-order valence-corrected chi connectivity index (χ4v) is 0.992. The molecule has 1 heterocycles. The molecular weight excluding hydrogens is 164 g/mol. The van der Waals surface area contributed by atoms with Gasteiger partial charge in [0.2, 0.25) is 0 Å². The Morgan fingerprint density at radius 3 is 2.91 bits per heavy atom. The van der Waals surface area contributed by atoms with E-state index in [0.717, 1.165) is 12.2 Å². The molecule has 1 atom stereocenters. The minimum absolute atomic E-state index is 0.332. The molecule has 0 radical (unpaired) electrons. The fourth-order valence-electron chi connectivity index (χ4n) is 0.816. The third-order valence-electron chi connectivity index (χ3n) is 1.69. The van der Waals surface area contributed by atoms with Crippen molar-refractivity contribution in [3.05, 3.63) is 5.82 Å². The maximum absolute atomic E-state index is 5.61. The van der Waals surface area contributed by atoms with Gasteiger partial charge in [-0.3, -0.25) is 0 Å². The first-order chi connectivity index (χ1) is 5.29. The Labute approximate surface area is 70.5 Å². The number of hydrogen-bond donors (Lipinski definition) is 0. The zero-order valence-electron chi connectivity index (χ0n) is 6.66. The van der Waals surface area contributed by atoms with Crippen molar-refractivity contribution in [2.75, 3.05) is 0 Å². The van der Waals surface area contributed by atoms with Gasteiger partial charge >= 0.3 is 0 Å². The van der Waals surface area contributed by atoms with Crippen molar-refractivity contribution in [2.24, 2.45) is 0 Å². The number of rotatable bonds is 3. The standard InChI is InChI=1S/C6H11ClN4/c1-3-5(2)11-6(4-7)8-9-10-11/h5H,3-4H2,1-2H3. The van der Waals surface area contributed by atoms with Gasteiger partial charge in [0, 0.05) is 0 Å². The van der Waals surface area contributed by atoms with Crippen molar-refractivity contribution >= 4 is 11.6 Å².